The van der Waals surface area contributed by atoms with Crippen molar-refractivity contribution in [3.8, 4) is 0 Å². The molecule has 0 unspecified atom stereocenters. The number of nitrogens with one attached hydrogen (secondary N) is 1. The highest BCUT2D eigenvalue weighted by atomic mass is 16.6. The molecule has 1 aliphatic heterocycles. The third-order valence-corrected chi connectivity index (χ3v) is 3.74. The Morgan fingerprint density at radius 3 is 2.57 bits per heavy atom. The third kappa shape index (κ3) is 5.80. The second-order valence-electron chi connectivity index (χ2n) is 6.83. The molecule has 2 rings (SSSR count). The number of carbonyl (C=O) groups is 1. The van der Waals surface area contributed by atoms with Crippen LogP contribution in [-0.2, 0) is 18.3 Å². The Morgan fingerprint density at radius 1 is 1.30 bits per heavy atom. The largest absolute Gasteiger partial charge is 0.444 e. The van der Waals surface area contributed by atoms with Crippen LogP contribution in [0.3, 0.4) is 0 Å². The number of amides is 1. The van der Waals surface area contributed by atoms with Gasteiger partial charge in [-0.2, -0.15) is 0 Å². The van der Waals surface area contributed by atoms with E-state index in [4.69, 9.17) is 4.74 Å². The summed E-state index contributed by atoms with van der Waals surface area (Å²) in [4.78, 5) is 16.1. The van der Waals surface area contributed by atoms with Gasteiger partial charge < -0.3 is 15.0 Å². The first kappa shape index (κ1) is 17.7. The number of piperazine rings is 1. The van der Waals surface area contributed by atoms with Crippen LogP contribution in [-0.4, -0.2) is 75.8 Å². The maximum Gasteiger partial charge on any atom is 0.410 e. The van der Waals surface area contributed by atoms with Gasteiger partial charge in [0.15, 0.2) is 0 Å². The van der Waals surface area contributed by atoms with Gasteiger partial charge in [0, 0.05) is 52.9 Å². The van der Waals surface area contributed by atoms with Gasteiger partial charge in [0.2, 0.25) is 0 Å². The minimum absolute atomic E-state index is 0.209. The fourth-order valence-corrected chi connectivity index (χ4v) is 2.41. The molecule has 8 heteroatoms. The standard InChI is InChI=1S/C15H28N6O2/c1-15(2,3)23-14(22)21-9-7-20(8-10-21)6-5-16-11-13-12-17-18-19(13)4/h12,16H,5-11H2,1-4H3. The molecule has 1 saturated heterocycles. The van der Waals surface area contributed by atoms with Crippen LogP contribution >= 0.6 is 0 Å². The Balaban J connectivity index is 1.61. The lowest BCUT2D eigenvalue weighted by molar-refractivity contribution is 0.0146. The monoisotopic (exact) mass is 324 g/mol. The van der Waals surface area contributed by atoms with Crippen LogP contribution in [0.5, 0.6) is 0 Å². The quantitative estimate of drug-likeness (QED) is 0.793. The van der Waals surface area contributed by atoms with Crippen molar-refractivity contribution in [3.05, 3.63) is 11.9 Å². The maximum absolute atomic E-state index is 12.0. The van der Waals surface area contributed by atoms with Gasteiger partial charge in [-0.25, -0.2) is 4.79 Å². The highest BCUT2D eigenvalue weighted by molar-refractivity contribution is 5.68. The molecule has 1 fully saturated rings. The van der Waals surface area contributed by atoms with Crippen molar-refractivity contribution >= 4 is 6.09 Å². The smallest absolute Gasteiger partial charge is 0.410 e. The molecule has 0 saturated carbocycles. The van der Waals surface area contributed by atoms with E-state index < -0.39 is 5.60 Å². The molecule has 0 aliphatic carbocycles. The summed E-state index contributed by atoms with van der Waals surface area (Å²) >= 11 is 0. The molecule has 1 N–H and O–H groups in total. The van der Waals surface area contributed by atoms with E-state index in [9.17, 15) is 4.79 Å². The van der Waals surface area contributed by atoms with Gasteiger partial charge in [-0.3, -0.25) is 9.58 Å². The molecular formula is C15H28N6O2. The first-order chi connectivity index (χ1) is 10.8. The molecule has 0 spiro atoms. The van der Waals surface area contributed by atoms with E-state index >= 15 is 0 Å². The summed E-state index contributed by atoms with van der Waals surface area (Å²) in [7, 11) is 1.89. The normalized spacial score (nSPS) is 16.6. The van der Waals surface area contributed by atoms with Crippen LogP contribution in [0.4, 0.5) is 4.79 Å². The van der Waals surface area contributed by atoms with Crippen molar-refractivity contribution in [3.63, 3.8) is 0 Å². The predicted octanol–water partition coefficient (Wildman–Crippen LogP) is 0.457. The molecule has 0 radical (unpaired) electrons. The number of aromatic nitrogens is 3. The van der Waals surface area contributed by atoms with E-state index in [0.29, 0.717) is 0 Å². The average Bonchev–Trinajstić information content (AvgIpc) is 2.88. The van der Waals surface area contributed by atoms with Gasteiger partial charge in [0.1, 0.15) is 5.60 Å². The fourth-order valence-electron chi connectivity index (χ4n) is 2.41. The average molecular weight is 324 g/mol. The molecule has 1 aromatic heterocycles. The SMILES string of the molecule is Cn1nncc1CNCCN1CCN(C(=O)OC(C)(C)C)CC1. The Labute approximate surface area is 137 Å². The van der Waals surface area contributed by atoms with E-state index in [-0.39, 0.29) is 6.09 Å². The topological polar surface area (TPSA) is 75.5 Å². The van der Waals surface area contributed by atoms with Crippen LogP contribution in [0, 0.1) is 0 Å². The molecule has 0 bridgehead atoms. The van der Waals surface area contributed by atoms with Gasteiger partial charge in [0.25, 0.3) is 0 Å². The van der Waals surface area contributed by atoms with Gasteiger partial charge in [-0.15, -0.1) is 5.10 Å². The van der Waals surface area contributed by atoms with Gasteiger partial charge in [0.05, 0.1) is 11.9 Å². The zero-order valence-electron chi connectivity index (χ0n) is 14.6. The first-order valence-corrected chi connectivity index (χ1v) is 8.10. The van der Waals surface area contributed by atoms with Gasteiger partial charge >= 0.3 is 6.09 Å². The number of hydrogen-bond donors (Lipinski definition) is 1. The van der Waals surface area contributed by atoms with Crippen LogP contribution < -0.4 is 5.32 Å². The summed E-state index contributed by atoms with van der Waals surface area (Å²) in [6, 6.07) is 0. The minimum atomic E-state index is -0.432. The summed E-state index contributed by atoms with van der Waals surface area (Å²) in [6.45, 7) is 11.5. The second kappa shape index (κ2) is 7.74. The highest BCUT2D eigenvalue weighted by Crippen LogP contribution is 2.11. The Bertz CT molecular complexity index is 502. The molecule has 8 nitrogen and oxygen atoms in total. The summed E-state index contributed by atoms with van der Waals surface area (Å²) in [6.07, 6.45) is 1.56. The third-order valence-electron chi connectivity index (χ3n) is 3.74. The lowest BCUT2D eigenvalue weighted by Crippen LogP contribution is -2.51. The number of rotatable bonds is 5. The van der Waals surface area contributed by atoms with Crippen molar-refractivity contribution < 1.29 is 9.53 Å². The molecule has 2 heterocycles. The highest BCUT2D eigenvalue weighted by Gasteiger charge is 2.25. The van der Waals surface area contributed by atoms with E-state index in [1.165, 1.54) is 0 Å². The summed E-state index contributed by atoms with van der Waals surface area (Å²) in [5.74, 6) is 0. The number of nitrogens with zero attached hydrogens (tertiary/aromatic N) is 5. The molecule has 130 valence electrons. The molecule has 1 aromatic rings. The molecule has 0 aromatic carbocycles. The maximum atomic E-state index is 12.0. The molecule has 0 atom stereocenters. The number of aryl methyl sites for hydroxylation is 1. The zero-order chi connectivity index (χ0) is 16.9. The molecule has 23 heavy (non-hydrogen) atoms. The van der Waals surface area contributed by atoms with E-state index in [2.05, 4.69) is 20.5 Å². The number of hydrogen-bond acceptors (Lipinski definition) is 6. The van der Waals surface area contributed by atoms with E-state index in [1.807, 2.05) is 27.8 Å². The molecule has 1 amide bonds. The van der Waals surface area contributed by atoms with E-state index in [1.54, 1.807) is 15.8 Å². The lowest BCUT2D eigenvalue weighted by atomic mass is 10.2. The van der Waals surface area contributed by atoms with Crippen LogP contribution in [0.1, 0.15) is 26.5 Å². The molecular weight excluding hydrogens is 296 g/mol. The van der Waals surface area contributed by atoms with Crippen molar-refractivity contribution in [2.45, 2.75) is 32.9 Å². The number of carbonyl (C=O) groups excluding carboxylic acids is 1. The van der Waals surface area contributed by atoms with Crippen LogP contribution in [0.25, 0.3) is 0 Å². The Kier molecular flexibility index (Phi) is 5.95. The lowest BCUT2D eigenvalue weighted by Gasteiger charge is -2.35. The second-order valence-corrected chi connectivity index (χ2v) is 6.83. The minimum Gasteiger partial charge on any atom is -0.444 e. The van der Waals surface area contributed by atoms with Crippen LogP contribution in [0.2, 0.25) is 0 Å². The van der Waals surface area contributed by atoms with Crippen molar-refractivity contribution in [2.75, 3.05) is 39.3 Å². The van der Waals surface area contributed by atoms with E-state index in [0.717, 1.165) is 51.5 Å². The van der Waals surface area contributed by atoms with Gasteiger partial charge in [-0.05, 0) is 20.8 Å². The van der Waals surface area contributed by atoms with Crippen LogP contribution in [0.15, 0.2) is 6.20 Å². The summed E-state index contributed by atoms with van der Waals surface area (Å²) in [5.41, 5.74) is 0.637. The Hall–Kier alpha value is -1.67. The fraction of sp³-hybridized carbons (Fsp3) is 0.800. The summed E-state index contributed by atoms with van der Waals surface area (Å²) < 4.78 is 7.18. The predicted molar refractivity (Wildman–Crippen MR) is 87.0 cm³/mol. The van der Waals surface area contributed by atoms with Crippen molar-refractivity contribution in [1.29, 1.82) is 0 Å². The first-order valence-electron chi connectivity index (χ1n) is 8.10. The number of ether oxygens (including phenoxy) is 1. The summed E-state index contributed by atoms with van der Waals surface area (Å²) in [5, 5.41) is 11.1. The zero-order valence-corrected chi connectivity index (χ0v) is 14.6. The Morgan fingerprint density at radius 2 is 2.00 bits per heavy atom. The van der Waals surface area contributed by atoms with Gasteiger partial charge in [-0.1, -0.05) is 5.21 Å². The van der Waals surface area contributed by atoms with Crippen molar-refractivity contribution in [1.82, 2.24) is 30.1 Å². The molecule has 1 aliphatic rings. The van der Waals surface area contributed by atoms with Crippen molar-refractivity contribution in [2.24, 2.45) is 7.05 Å².